The van der Waals surface area contributed by atoms with E-state index in [4.69, 9.17) is 0 Å². The maximum absolute atomic E-state index is 3.87. The van der Waals surface area contributed by atoms with Crippen LogP contribution in [0.1, 0.15) is 0 Å². The monoisotopic (exact) mass is 142 g/mol. The van der Waals surface area contributed by atoms with Crippen molar-refractivity contribution in [2.75, 3.05) is 0 Å². The van der Waals surface area contributed by atoms with Gasteiger partial charge in [-0.1, -0.05) is 0 Å². The molecule has 0 aliphatic carbocycles. The van der Waals surface area contributed by atoms with Gasteiger partial charge in [0.2, 0.25) is 0 Å². The Morgan fingerprint density at radius 1 is 1.29 bits per heavy atom. The summed E-state index contributed by atoms with van der Waals surface area (Å²) in [6, 6.07) is 4.06. The number of rotatable bonds is 0. The summed E-state index contributed by atoms with van der Waals surface area (Å²) < 4.78 is 1.38. The molecule has 2 heteroatoms. The molecule has 31 valence electrons. The molecule has 0 N–H and O–H groups in total. The van der Waals surface area contributed by atoms with E-state index in [2.05, 4.69) is 4.98 Å². The second-order valence-electron chi connectivity index (χ2n) is 1.36. The molecule has 0 saturated heterocycles. The van der Waals surface area contributed by atoms with Gasteiger partial charge in [0.05, 0.1) is 0 Å². The first-order valence-electron chi connectivity index (χ1n) is 2.11. The second-order valence-corrected chi connectivity index (χ2v) is 3.07. The van der Waals surface area contributed by atoms with E-state index in [0.29, 0.717) is 0 Å². The summed E-state index contributed by atoms with van der Waals surface area (Å²) in [7, 11) is 0. The van der Waals surface area contributed by atoms with Crippen LogP contribution in [-0.2, 0) is 18.3 Å². The Kier molecular flexibility index (Phi) is 1.53. The van der Waals surface area contributed by atoms with Crippen molar-refractivity contribution in [1.82, 2.24) is 4.98 Å². The molecule has 0 aliphatic rings. The minimum atomic E-state index is 1.22. The average molecular weight is 143 g/mol. The predicted molar refractivity (Wildman–Crippen MR) is 23.9 cm³/mol. The Labute approximate surface area is 52.5 Å². The van der Waals surface area contributed by atoms with Crippen molar-refractivity contribution in [3.8, 4) is 0 Å². The Bertz CT molecular complexity index is 138. The summed E-state index contributed by atoms with van der Waals surface area (Å²) in [4.78, 5) is 3.87. The number of hydrogen-bond donors (Lipinski definition) is 0. The van der Waals surface area contributed by atoms with Crippen molar-refractivity contribution in [3.05, 3.63) is 24.5 Å². The summed E-state index contributed by atoms with van der Waals surface area (Å²) in [5.74, 6) is 0. The minimum absolute atomic E-state index is 1.22. The van der Waals surface area contributed by atoms with Gasteiger partial charge in [-0.3, -0.25) is 0 Å². The predicted octanol–water partition coefficient (Wildman–Crippen LogP) is 0.254. The molecule has 0 atom stereocenters. The summed E-state index contributed by atoms with van der Waals surface area (Å²) in [6.07, 6.45) is 3.64. The first kappa shape index (κ1) is 4.92. The van der Waals surface area contributed by atoms with E-state index in [1.807, 2.05) is 24.5 Å². The zero-order valence-electron chi connectivity index (χ0n) is 3.96. The molecule has 1 aromatic heterocycles. The SMILES string of the molecule is [Zn][c]1ccncc1. The number of nitrogens with zero attached hydrogens (tertiary/aromatic N) is 1. The van der Waals surface area contributed by atoms with Crippen LogP contribution in [0, 0.1) is 0 Å². The van der Waals surface area contributed by atoms with Crippen molar-refractivity contribution < 1.29 is 18.3 Å². The summed E-state index contributed by atoms with van der Waals surface area (Å²) >= 11 is 1.22. The van der Waals surface area contributed by atoms with Crippen molar-refractivity contribution >= 4 is 4.16 Å². The van der Waals surface area contributed by atoms with Gasteiger partial charge >= 0.3 is 52.0 Å². The van der Waals surface area contributed by atoms with Gasteiger partial charge in [0, 0.05) is 0 Å². The fourth-order valence-electron chi connectivity index (χ4n) is 0.383. The van der Waals surface area contributed by atoms with Crippen LogP contribution >= 0.6 is 0 Å². The zero-order chi connectivity index (χ0) is 5.11. The van der Waals surface area contributed by atoms with Crippen molar-refractivity contribution in [3.63, 3.8) is 0 Å². The van der Waals surface area contributed by atoms with E-state index in [1.165, 1.54) is 22.5 Å². The van der Waals surface area contributed by atoms with Crippen molar-refractivity contribution in [2.24, 2.45) is 0 Å². The van der Waals surface area contributed by atoms with Gasteiger partial charge in [-0.2, -0.15) is 0 Å². The molecule has 0 spiro atoms. The van der Waals surface area contributed by atoms with E-state index in [1.54, 1.807) is 0 Å². The molecular weight excluding hydrogens is 139 g/mol. The van der Waals surface area contributed by atoms with Crippen LogP contribution in [0.4, 0.5) is 0 Å². The first-order valence-corrected chi connectivity index (χ1v) is 3.60. The van der Waals surface area contributed by atoms with E-state index < -0.39 is 0 Å². The second kappa shape index (κ2) is 2.18. The topological polar surface area (TPSA) is 12.9 Å². The molecule has 1 heterocycles. The molecule has 0 fully saturated rings. The van der Waals surface area contributed by atoms with Gasteiger partial charge in [0.25, 0.3) is 0 Å². The fourth-order valence-corrected chi connectivity index (χ4v) is 0.825. The van der Waals surface area contributed by atoms with Crippen LogP contribution in [0.5, 0.6) is 0 Å². The third-order valence-electron chi connectivity index (χ3n) is 0.749. The standard InChI is InChI=1S/C5H4N.Zn/c1-2-4-6-5-3-1;/h2-5H;. The van der Waals surface area contributed by atoms with E-state index in [0.717, 1.165) is 0 Å². The number of aromatic nitrogens is 1. The molecule has 0 aromatic carbocycles. The fraction of sp³-hybridized carbons (Fsp3) is 0. The molecule has 0 saturated carbocycles. The van der Waals surface area contributed by atoms with Crippen molar-refractivity contribution in [2.45, 2.75) is 0 Å². The average Bonchev–Trinajstić information content (AvgIpc) is 1.69. The Morgan fingerprint density at radius 3 is 2.14 bits per heavy atom. The van der Waals surface area contributed by atoms with E-state index in [-0.39, 0.29) is 0 Å². The summed E-state index contributed by atoms with van der Waals surface area (Å²) in [6.45, 7) is 0. The molecule has 0 radical (unpaired) electrons. The molecule has 1 aromatic rings. The Morgan fingerprint density at radius 2 is 1.86 bits per heavy atom. The zero-order valence-corrected chi connectivity index (χ0v) is 6.93. The van der Waals surface area contributed by atoms with Gasteiger partial charge in [-0.05, 0) is 0 Å². The first-order chi connectivity index (χ1) is 3.39. The summed E-state index contributed by atoms with van der Waals surface area (Å²) in [5, 5.41) is 0. The summed E-state index contributed by atoms with van der Waals surface area (Å²) in [5.41, 5.74) is 0. The Balaban J connectivity index is 3.02. The van der Waals surface area contributed by atoms with Crippen molar-refractivity contribution in [1.29, 1.82) is 0 Å². The maximum atomic E-state index is 3.87. The van der Waals surface area contributed by atoms with Crippen LogP contribution in [0.3, 0.4) is 0 Å². The molecule has 1 rings (SSSR count). The number of hydrogen-bond acceptors (Lipinski definition) is 1. The molecule has 7 heavy (non-hydrogen) atoms. The molecule has 0 unspecified atom stereocenters. The van der Waals surface area contributed by atoms with E-state index >= 15 is 0 Å². The third kappa shape index (κ3) is 1.36. The number of pyridine rings is 1. The van der Waals surface area contributed by atoms with Crippen LogP contribution in [0.15, 0.2) is 24.5 Å². The Hall–Kier alpha value is -0.227. The van der Waals surface area contributed by atoms with Gasteiger partial charge in [-0.15, -0.1) is 0 Å². The van der Waals surface area contributed by atoms with E-state index in [9.17, 15) is 0 Å². The molecule has 0 aliphatic heterocycles. The third-order valence-corrected chi connectivity index (χ3v) is 1.74. The van der Waals surface area contributed by atoms with Gasteiger partial charge in [-0.25, -0.2) is 0 Å². The van der Waals surface area contributed by atoms with Crippen LogP contribution in [-0.4, -0.2) is 4.98 Å². The molecule has 1 nitrogen and oxygen atoms in total. The van der Waals surface area contributed by atoms with Crippen LogP contribution in [0.2, 0.25) is 0 Å². The quantitative estimate of drug-likeness (QED) is 0.475. The van der Waals surface area contributed by atoms with Gasteiger partial charge < -0.3 is 0 Å². The van der Waals surface area contributed by atoms with Gasteiger partial charge in [0.15, 0.2) is 0 Å². The van der Waals surface area contributed by atoms with Gasteiger partial charge in [0.1, 0.15) is 0 Å². The van der Waals surface area contributed by atoms with Crippen LogP contribution in [0.25, 0.3) is 0 Å². The molecule has 0 amide bonds. The molecule has 0 bridgehead atoms. The van der Waals surface area contributed by atoms with Crippen LogP contribution < -0.4 is 4.16 Å². The molecular formula is C5H4NZn. The normalized spacial score (nSPS) is 8.86.